The first-order valence-electron chi connectivity index (χ1n) is 9.79. The van der Waals surface area contributed by atoms with Crippen LogP contribution in [0.2, 0.25) is 5.02 Å². The Morgan fingerprint density at radius 2 is 1.84 bits per heavy atom. The van der Waals surface area contributed by atoms with E-state index in [2.05, 4.69) is 15.6 Å². The van der Waals surface area contributed by atoms with Gasteiger partial charge in [-0.1, -0.05) is 41.6 Å². The molecule has 2 amide bonds. The van der Waals surface area contributed by atoms with E-state index in [1.807, 2.05) is 30.3 Å². The topological polar surface area (TPSA) is 97.5 Å². The number of benzene rings is 2. The molecule has 0 unspecified atom stereocenters. The lowest BCUT2D eigenvalue weighted by atomic mass is 10.2. The standard InChI is InChI=1S/C22H20ClN5O3S/c1-13-19(21(31)28(27(13)2)16-6-4-3-5-7-16)25-22-26-20(30)17(32-22)12-18(29)24-15-10-8-14(23)9-11-15/h3-11,17H,12H2,1-2H3,(H,24,29)(H,25,26,30)/t17-/m0/s1. The van der Waals surface area contributed by atoms with Gasteiger partial charge in [-0.05, 0) is 43.3 Å². The van der Waals surface area contributed by atoms with Crippen molar-refractivity contribution < 1.29 is 9.59 Å². The number of hydrogen-bond donors (Lipinski definition) is 2. The molecule has 2 aromatic carbocycles. The summed E-state index contributed by atoms with van der Waals surface area (Å²) in [7, 11) is 1.78. The second-order valence-electron chi connectivity index (χ2n) is 7.18. The predicted octanol–water partition coefficient (Wildman–Crippen LogP) is 3.39. The second-order valence-corrected chi connectivity index (χ2v) is 8.81. The fourth-order valence-corrected chi connectivity index (χ4v) is 4.39. The molecular weight excluding hydrogens is 450 g/mol. The number of amidine groups is 1. The molecule has 8 nitrogen and oxygen atoms in total. The summed E-state index contributed by atoms with van der Waals surface area (Å²) in [6.07, 6.45) is -0.0276. The van der Waals surface area contributed by atoms with Gasteiger partial charge in [0.2, 0.25) is 11.8 Å². The van der Waals surface area contributed by atoms with Crippen LogP contribution in [0, 0.1) is 6.92 Å². The first-order valence-corrected chi connectivity index (χ1v) is 11.0. The molecule has 1 aliphatic heterocycles. The van der Waals surface area contributed by atoms with Crippen molar-refractivity contribution in [3.05, 3.63) is 75.7 Å². The van der Waals surface area contributed by atoms with Gasteiger partial charge < -0.3 is 10.6 Å². The lowest BCUT2D eigenvalue weighted by Crippen LogP contribution is -2.28. The third kappa shape index (κ3) is 4.49. The molecule has 2 N–H and O–H groups in total. The van der Waals surface area contributed by atoms with E-state index in [-0.39, 0.29) is 29.5 Å². The van der Waals surface area contributed by atoms with Gasteiger partial charge in [0.1, 0.15) is 5.25 Å². The SMILES string of the molecule is Cc1c(N=C2NC(=O)[C@H](CC(=O)Nc3ccc(Cl)cc3)S2)c(=O)n(-c2ccccc2)n1C. The molecule has 1 atom stereocenters. The van der Waals surface area contributed by atoms with E-state index in [1.54, 1.807) is 42.9 Å². The number of nitrogens with zero attached hydrogens (tertiary/aromatic N) is 3. The lowest BCUT2D eigenvalue weighted by Gasteiger charge is -2.07. The number of halogens is 1. The van der Waals surface area contributed by atoms with Crippen molar-refractivity contribution in [3.63, 3.8) is 0 Å². The monoisotopic (exact) mass is 469 g/mol. The van der Waals surface area contributed by atoms with Crippen molar-refractivity contribution in [2.45, 2.75) is 18.6 Å². The molecular formula is C22H20ClN5O3S. The van der Waals surface area contributed by atoms with Crippen molar-refractivity contribution in [3.8, 4) is 5.69 Å². The fourth-order valence-electron chi connectivity index (χ4n) is 3.29. The molecule has 0 spiro atoms. The second kappa shape index (κ2) is 9.05. The maximum atomic E-state index is 13.0. The largest absolute Gasteiger partial charge is 0.326 e. The maximum Gasteiger partial charge on any atom is 0.297 e. The van der Waals surface area contributed by atoms with Gasteiger partial charge in [0.25, 0.3) is 5.56 Å². The highest BCUT2D eigenvalue weighted by molar-refractivity contribution is 8.15. The Morgan fingerprint density at radius 1 is 1.16 bits per heavy atom. The molecule has 0 saturated carbocycles. The molecule has 164 valence electrons. The lowest BCUT2D eigenvalue weighted by molar-refractivity contribution is -0.122. The number of rotatable bonds is 5. The van der Waals surface area contributed by atoms with E-state index in [4.69, 9.17) is 11.6 Å². The van der Waals surface area contributed by atoms with Crippen LogP contribution in [-0.4, -0.2) is 31.6 Å². The van der Waals surface area contributed by atoms with Crippen molar-refractivity contribution in [1.82, 2.24) is 14.7 Å². The van der Waals surface area contributed by atoms with Crippen LogP contribution >= 0.6 is 23.4 Å². The summed E-state index contributed by atoms with van der Waals surface area (Å²) in [6.45, 7) is 1.79. The summed E-state index contributed by atoms with van der Waals surface area (Å²) in [5.74, 6) is -0.625. The van der Waals surface area contributed by atoms with E-state index in [0.717, 1.165) is 17.4 Å². The summed E-state index contributed by atoms with van der Waals surface area (Å²) < 4.78 is 3.24. The minimum absolute atomic E-state index is 0.0276. The molecule has 1 fully saturated rings. The van der Waals surface area contributed by atoms with E-state index < -0.39 is 5.25 Å². The third-order valence-corrected chi connectivity index (χ3v) is 6.35. The molecule has 1 saturated heterocycles. The average Bonchev–Trinajstić information content (AvgIpc) is 3.21. The van der Waals surface area contributed by atoms with Crippen molar-refractivity contribution in [1.29, 1.82) is 0 Å². The van der Waals surface area contributed by atoms with Crippen LogP contribution in [-0.2, 0) is 16.6 Å². The molecule has 3 aromatic rings. The van der Waals surface area contributed by atoms with Crippen LogP contribution in [0.15, 0.2) is 64.4 Å². The normalized spacial score (nSPS) is 16.9. The average molecular weight is 470 g/mol. The smallest absolute Gasteiger partial charge is 0.297 e. The van der Waals surface area contributed by atoms with Crippen molar-refractivity contribution >= 4 is 51.7 Å². The first kappa shape index (κ1) is 21.9. The van der Waals surface area contributed by atoms with Gasteiger partial charge in [-0.15, -0.1) is 0 Å². The fraction of sp³-hybridized carbons (Fsp3) is 0.182. The summed E-state index contributed by atoms with van der Waals surface area (Å²) >= 11 is 6.98. The highest BCUT2D eigenvalue weighted by Gasteiger charge is 2.32. The van der Waals surface area contributed by atoms with Gasteiger partial charge >= 0.3 is 0 Å². The number of aromatic nitrogens is 2. The van der Waals surface area contributed by atoms with Crippen LogP contribution < -0.4 is 16.2 Å². The number of carbonyl (C=O) groups is 2. The number of anilines is 1. The number of amides is 2. The zero-order chi connectivity index (χ0) is 22.8. The quantitative estimate of drug-likeness (QED) is 0.598. The molecule has 0 radical (unpaired) electrons. The summed E-state index contributed by atoms with van der Waals surface area (Å²) in [4.78, 5) is 42.1. The molecule has 0 aliphatic carbocycles. The molecule has 32 heavy (non-hydrogen) atoms. The Balaban J connectivity index is 1.51. The van der Waals surface area contributed by atoms with Crippen LogP contribution in [0.3, 0.4) is 0 Å². The zero-order valence-corrected chi connectivity index (χ0v) is 18.9. The molecule has 1 aromatic heterocycles. The number of carbonyl (C=O) groups excluding carboxylic acids is 2. The molecule has 10 heteroatoms. The zero-order valence-electron chi connectivity index (χ0n) is 17.3. The van der Waals surface area contributed by atoms with E-state index in [0.29, 0.717) is 21.6 Å². The van der Waals surface area contributed by atoms with E-state index in [9.17, 15) is 14.4 Å². The third-order valence-electron chi connectivity index (χ3n) is 5.01. The Kier molecular flexibility index (Phi) is 6.20. The van der Waals surface area contributed by atoms with Gasteiger partial charge in [-0.25, -0.2) is 9.67 Å². The maximum absolute atomic E-state index is 13.0. The first-order chi connectivity index (χ1) is 15.3. The Bertz CT molecular complexity index is 1270. The number of thioether (sulfide) groups is 1. The van der Waals surface area contributed by atoms with Crippen LogP contribution in [0.5, 0.6) is 0 Å². The molecule has 1 aliphatic rings. The number of hydrogen-bond acceptors (Lipinski definition) is 5. The summed E-state index contributed by atoms with van der Waals surface area (Å²) in [6, 6.07) is 15.9. The van der Waals surface area contributed by atoms with Gasteiger partial charge in [0.15, 0.2) is 10.9 Å². The number of aliphatic imine (C=N–C) groups is 1. The highest BCUT2D eigenvalue weighted by Crippen LogP contribution is 2.26. The van der Waals surface area contributed by atoms with E-state index in [1.165, 1.54) is 4.68 Å². The van der Waals surface area contributed by atoms with Gasteiger partial charge in [0.05, 0.1) is 11.4 Å². The molecule has 4 rings (SSSR count). The predicted molar refractivity (Wildman–Crippen MR) is 127 cm³/mol. The number of para-hydroxylation sites is 1. The molecule has 2 heterocycles. The Hall–Kier alpha value is -3.30. The summed E-state index contributed by atoms with van der Waals surface area (Å²) in [5.41, 5.74) is 1.92. The Morgan fingerprint density at radius 3 is 2.53 bits per heavy atom. The van der Waals surface area contributed by atoms with Gasteiger partial charge in [0, 0.05) is 24.2 Å². The molecule has 0 bridgehead atoms. The minimum atomic E-state index is -0.638. The van der Waals surface area contributed by atoms with Gasteiger partial charge in [-0.2, -0.15) is 0 Å². The summed E-state index contributed by atoms with van der Waals surface area (Å²) in [5, 5.41) is 5.64. The number of nitrogens with one attached hydrogen (secondary N) is 2. The highest BCUT2D eigenvalue weighted by atomic mass is 35.5. The van der Waals surface area contributed by atoms with E-state index >= 15 is 0 Å². The van der Waals surface area contributed by atoms with Crippen LogP contribution in [0.25, 0.3) is 5.69 Å². The Labute approximate surface area is 193 Å². The van der Waals surface area contributed by atoms with Crippen molar-refractivity contribution in [2.75, 3.05) is 5.32 Å². The van der Waals surface area contributed by atoms with Crippen LogP contribution in [0.4, 0.5) is 11.4 Å². The van der Waals surface area contributed by atoms with Crippen molar-refractivity contribution in [2.24, 2.45) is 12.0 Å². The van der Waals surface area contributed by atoms with Crippen LogP contribution in [0.1, 0.15) is 12.1 Å². The van der Waals surface area contributed by atoms with Gasteiger partial charge in [-0.3, -0.25) is 19.1 Å². The minimum Gasteiger partial charge on any atom is -0.326 e.